The fourth-order valence-corrected chi connectivity index (χ4v) is 14.8. The van der Waals surface area contributed by atoms with E-state index in [1.165, 1.54) is 0 Å². The quantitative estimate of drug-likeness (QED) is 0.0646. The Hall–Kier alpha value is -12.2. The third-order valence-electron chi connectivity index (χ3n) is 20.1. The Morgan fingerprint density at radius 2 is 0.340 bits per heavy atom. The fourth-order valence-electron chi connectivity index (χ4n) is 14.8. The van der Waals surface area contributed by atoms with Gasteiger partial charge in [0.05, 0.1) is 69.0 Å². The van der Waals surface area contributed by atoms with E-state index < -0.39 is 0 Å². The van der Waals surface area contributed by atoms with Crippen molar-refractivity contribution in [1.82, 2.24) is 9.13 Å². The molecule has 1 aliphatic carbocycles. The van der Waals surface area contributed by atoms with Crippen molar-refractivity contribution in [3.63, 3.8) is 0 Å². The second-order valence-corrected chi connectivity index (χ2v) is 25.2. The van der Waals surface area contributed by atoms with Gasteiger partial charge in [0.1, 0.15) is 46.0 Å². The van der Waals surface area contributed by atoms with E-state index >= 15 is 0 Å². The Labute approximate surface area is 583 Å². The summed E-state index contributed by atoms with van der Waals surface area (Å²) in [5, 5.41) is 4.45. The molecule has 4 unspecified atom stereocenters. The van der Waals surface area contributed by atoms with Gasteiger partial charge in [0.25, 0.3) is 0 Å². The number of fused-ring (bicyclic) bond motifs is 6. The highest BCUT2D eigenvalue weighted by atomic mass is 16.5. The molecule has 1 saturated carbocycles. The molecule has 12 aromatic carbocycles. The number of aromatic nitrogens is 2. The van der Waals surface area contributed by atoms with Gasteiger partial charge in [-0.05, 0) is 279 Å². The van der Waals surface area contributed by atoms with Crippen LogP contribution in [-0.4, -0.2) is 66.0 Å². The Bertz CT molecular complexity index is 4380. The molecule has 0 saturated heterocycles. The first kappa shape index (κ1) is 63.9. The maximum absolute atomic E-state index is 5.70. The number of ether oxygens (including phenoxy) is 8. The molecule has 0 amide bonds. The first-order valence-electron chi connectivity index (χ1n) is 33.5. The zero-order valence-electron chi connectivity index (χ0n) is 57.7. The Morgan fingerprint density at radius 3 is 0.480 bits per heavy atom. The van der Waals surface area contributed by atoms with E-state index in [2.05, 4.69) is 212 Å². The molecule has 1 aliphatic rings. The number of benzene rings is 12. The number of hydrogen-bond acceptors (Lipinski definition) is 12. The monoisotopic (exact) mass is 1320 g/mol. The van der Waals surface area contributed by atoms with E-state index in [9.17, 15) is 0 Å². The van der Waals surface area contributed by atoms with Gasteiger partial charge in [0.2, 0.25) is 0 Å². The molecule has 2 heterocycles. The molecule has 500 valence electrons. The van der Waals surface area contributed by atoms with Gasteiger partial charge < -0.3 is 66.6 Å². The van der Waals surface area contributed by atoms with E-state index in [-0.39, 0.29) is 23.9 Å². The molecule has 1 fully saturated rings. The summed E-state index contributed by atoms with van der Waals surface area (Å²) in [6.45, 7) is 4.87. The summed E-state index contributed by atoms with van der Waals surface area (Å²) in [4.78, 5) is 9.22. The number of anilines is 12. The molecular weight excluding hydrogens is 1240 g/mol. The van der Waals surface area contributed by atoms with Crippen molar-refractivity contribution in [3.05, 3.63) is 267 Å². The summed E-state index contributed by atoms with van der Waals surface area (Å²) < 4.78 is 50.9. The predicted molar refractivity (Wildman–Crippen MR) is 406 cm³/mol. The van der Waals surface area contributed by atoms with E-state index in [1.807, 2.05) is 97.1 Å². The average Bonchev–Trinajstić information content (AvgIpc) is 1.51. The lowest BCUT2D eigenvalue weighted by Gasteiger charge is -2.51. The third-order valence-corrected chi connectivity index (χ3v) is 20.1. The zero-order chi connectivity index (χ0) is 68.7. The topological polar surface area (TPSA) is 96.7 Å². The largest absolute Gasteiger partial charge is 0.497 e. The Morgan fingerprint density at radius 1 is 0.200 bits per heavy atom. The van der Waals surface area contributed by atoms with Crippen LogP contribution in [0.2, 0.25) is 0 Å². The standard InChI is InChI=1S/C86H78N6O8/c1-55-56(2)86(92-83-49-29-67(89(61-19-39-73(97-7)40-20-61)62-21-41-74(98-8)42-22-62)53-79(83)80-54-68(30-50-84(80)92)90(63-23-43-75(99-9)44-24-63)64-25-45-76(100-10)46-26-64)85(55)91-81-47-27-65(87(57-11-31-69(93-3)32-12-57)58-13-33-70(94-4)34-14-58)51-77(81)78-52-66(28-48-82(78)91)88(59-15-35-71(95-5)36-16-59)60-17-37-72(96-6)38-18-60/h11-56,85-86H,1-10H3. The molecule has 4 atom stereocenters. The highest BCUT2D eigenvalue weighted by Gasteiger charge is 2.49. The van der Waals surface area contributed by atoms with Crippen LogP contribution in [0.1, 0.15) is 25.9 Å². The summed E-state index contributed by atoms with van der Waals surface area (Å²) in [5.41, 5.74) is 16.3. The van der Waals surface area contributed by atoms with Crippen molar-refractivity contribution < 1.29 is 37.9 Å². The third kappa shape index (κ3) is 11.5. The van der Waals surface area contributed by atoms with E-state index in [4.69, 9.17) is 37.9 Å². The first-order chi connectivity index (χ1) is 49.0. The van der Waals surface area contributed by atoms with Crippen molar-refractivity contribution in [1.29, 1.82) is 0 Å². The van der Waals surface area contributed by atoms with Crippen LogP contribution >= 0.6 is 0 Å². The smallest absolute Gasteiger partial charge is 0.119 e. The van der Waals surface area contributed by atoms with Crippen molar-refractivity contribution >= 4 is 112 Å². The van der Waals surface area contributed by atoms with E-state index in [0.717, 1.165) is 158 Å². The van der Waals surface area contributed by atoms with Crippen molar-refractivity contribution in [2.75, 3.05) is 76.5 Å². The maximum Gasteiger partial charge on any atom is 0.119 e. The summed E-state index contributed by atoms with van der Waals surface area (Å²) in [5.74, 6) is 6.68. The van der Waals surface area contributed by atoms with Gasteiger partial charge in [0.15, 0.2) is 0 Å². The number of hydrogen-bond donors (Lipinski definition) is 0. The predicted octanol–water partition coefficient (Wildman–Crippen LogP) is 21.9. The van der Waals surface area contributed by atoms with Crippen LogP contribution in [0.25, 0.3) is 43.6 Å². The fraction of sp³-hybridized carbons (Fsp3) is 0.163. The first-order valence-corrected chi connectivity index (χ1v) is 33.5. The molecule has 14 nitrogen and oxygen atoms in total. The Kier molecular flexibility index (Phi) is 17.3. The Balaban J connectivity index is 0.965. The van der Waals surface area contributed by atoms with Crippen LogP contribution in [0.4, 0.5) is 68.2 Å². The van der Waals surface area contributed by atoms with Crippen LogP contribution in [0.3, 0.4) is 0 Å². The van der Waals surface area contributed by atoms with Gasteiger partial charge in [-0.2, -0.15) is 0 Å². The molecule has 2 aromatic heterocycles. The van der Waals surface area contributed by atoms with Crippen molar-refractivity contribution in [2.24, 2.45) is 11.8 Å². The van der Waals surface area contributed by atoms with Crippen LogP contribution in [0.15, 0.2) is 267 Å². The van der Waals surface area contributed by atoms with Gasteiger partial charge in [-0.3, -0.25) is 0 Å². The van der Waals surface area contributed by atoms with Gasteiger partial charge in [-0.1, -0.05) is 13.8 Å². The SMILES string of the molecule is COc1ccc(N(c2ccc(OC)cc2)c2ccc3c(c2)c2cc(N(c4ccc(OC)cc4)c4ccc(OC)cc4)ccc2n3C2C(C)C(C)C2n2c3ccc(N(c4ccc(OC)cc4)c4ccc(OC)cc4)cc3c3cc(N(c4ccc(OC)cc4)c4ccc(OC)cc4)ccc32)cc1. The molecule has 14 aromatic rings. The highest BCUT2D eigenvalue weighted by Crippen LogP contribution is 2.58. The lowest BCUT2D eigenvalue weighted by atomic mass is 9.66. The molecule has 100 heavy (non-hydrogen) atoms. The van der Waals surface area contributed by atoms with Crippen LogP contribution in [-0.2, 0) is 0 Å². The van der Waals surface area contributed by atoms with Crippen molar-refractivity contribution in [3.8, 4) is 46.0 Å². The number of nitrogens with zero attached hydrogens (tertiary/aromatic N) is 6. The minimum Gasteiger partial charge on any atom is -0.497 e. The van der Waals surface area contributed by atoms with E-state index in [0.29, 0.717) is 0 Å². The second kappa shape index (κ2) is 27.0. The molecule has 0 radical (unpaired) electrons. The molecule has 14 heteroatoms. The zero-order valence-corrected chi connectivity index (χ0v) is 57.7. The minimum absolute atomic E-state index is 0.0198. The lowest BCUT2D eigenvalue weighted by Crippen LogP contribution is -2.46. The van der Waals surface area contributed by atoms with Crippen LogP contribution < -0.4 is 57.5 Å². The van der Waals surface area contributed by atoms with E-state index in [1.54, 1.807) is 56.9 Å². The number of methoxy groups -OCH3 is 8. The summed E-state index contributed by atoms with van der Waals surface area (Å²) in [7, 11) is 13.6. The van der Waals surface area contributed by atoms with Crippen LogP contribution in [0.5, 0.6) is 46.0 Å². The molecule has 0 aliphatic heterocycles. The number of rotatable bonds is 22. The molecule has 0 bridgehead atoms. The van der Waals surface area contributed by atoms with Gasteiger partial charge in [-0.25, -0.2) is 0 Å². The summed E-state index contributed by atoms with van der Waals surface area (Å²) >= 11 is 0. The van der Waals surface area contributed by atoms with Crippen LogP contribution in [0, 0.1) is 11.8 Å². The van der Waals surface area contributed by atoms with Crippen molar-refractivity contribution in [2.45, 2.75) is 25.9 Å². The maximum atomic E-state index is 5.70. The minimum atomic E-state index is -0.0198. The van der Waals surface area contributed by atoms with Gasteiger partial charge in [-0.15, -0.1) is 0 Å². The van der Waals surface area contributed by atoms with Gasteiger partial charge >= 0.3 is 0 Å². The molecule has 0 N–H and O–H groups in total. The highest BCUT2D eigenvalue weighted by molar-refractivity contribution is 6.13. The molecule has 0 spiro atoms. The second-order valence-electron chi connectivity index (χ2n) is 25.2. The summed E-state index contributed by atoms with van der Waals surface area (Å²) in [6.07, 6.45) is 0. The normalized spacial score (nSPS) is 14.9. The van der Waals surface area contributed by atoms with Gasteiger partial charge in [0, 0.05) is 112 Å². The lowest BCUT2D eigenvalue weighted by molar-refractivity contribution is 0.0338. The molecule has 15 rings (SSSR count). The molecular formula is C86H78N6O8. The summed E-state index contributed by atoms with van der Waals surface area (Å²) in [6, 6.07) is 93.9. The average molecular weight is 1320 g/mol.